The number of carbonyl (C=O) groups excluding carboxylic acids is 1. The van der Waals surface area contributed by atoms with Crippen molar-refractivity contribution in [2.45, 2.75) is 13.5 Å². The smallest absolute Gasteiger partial charge is 0.226 e. The van der Waals surface area contributed by atoms with Gasteiger partial charge in [0.25, 0.3) is 0 Å². The quantitative estimate of drug-likeness (QED) is 0.713. The first kappa shape index (κ1) is 16.6. The molecule has 6 nitrogen and oxygen atoms in total. The number of anilines is 2. The minimum atomic E-state index is -0.138. The average Bonchev–Trinajstić information content (AvgIpc) is 3.10. The second-order valence-corrected chi connectivity index (χ2v) is 5.46. The zero-order chi connectivity index (χ0) is 17.6. The number of amides is 1. The Kier molecular flexibility index (Phi) is 4.99. The molecule has 0 bridgehead atoms. The van der Waals surface area contributed by atoms with Crippen molar-refractivity contribution in [1.82, 2.24) is 4.98 Å². The summed E-state index contributed by atoms with van der Waals surface area (Å²) in [6.45, 7) is 1.92. The van der Waals surface area contributed by atoms with Crippen LogP contribution < -0.4 is 15.4 Å². The van der Waals surface area contributed by atoms with E-state index in [0.29, 0.717) is 23.9 Å². The molecule has 2 aromatic carbocycles. The van der Waals surface area contributed by atoms with E-state index in [4.69, 9.17) is 9.15 Å². The molecule has 0 radical (unpaired) electrons. The maximum Gasteiger partial charge on any atom is 0.226 e. The lowest BCUT2D eigenvalue weighted by Crippen LogP contribution is -2.09. The van der Waals surface area contributed by atoms with Gasteiger partial charge in [-0.15, -0.1) is 0 Å². The molecule has 128 valence electrons. The van der Waals surface area contributed by atoms with Gasteiger partial charge in [0, 0.05) is 18.6 Å². The number of nitrogens with one attached hydrogen (secondary N) is 2. The van der Waals surface area contributed by atoms with Crippen molar-refractivity contribution in [3.05, 3.63) is 60.5 Å². The lowest BCUT2D eigenvalue weighted by atomic mass is 10.2. The topological polar surface area (TPSA) is 76.4 Å². The van der Waals surface area contributed by atoms with Crippen molar-refractivity contribution in [2.75, 3.05) is 17.7 Å². The summed E-state index contributed by atoms with van der Waals surface area (Å²) in [5.74, 6) is 1.13. The number of hydrogen-bond acceptors (Lipinski definition) is 5. The zero-order valence-electron chi connectivity index (χ0n) is 14.1. The fourth-order valence-corrected chi connectivity index (χ4v) is 2.38. The van der Waals surface area contributed by atoms with Gasteiger partial charge in [-0.25, -0.2) is 4.98 Å². The molecule has 0 saturated carbocycles. The standard InChI is InChI=1S/C19H19N3O3/c1-13(23)21-17-9-8-16(24-2)10-18(17)20-11-15-12-25-19(22-15)14-6-4-3-5-7-14/h3-10,12,20H,11H2,1-2H3,(H,21,23). The van der Waals surface area contributed by atoms with Crippen molar-refractivity contribution < 1.29 is 13.9 Å². The van der Waals surface area contributed by atoms with Crippen LogP contribution in [0.15, 0.2) is 59.2 Å². The highest BCUT2D eigenvalue weighted by Gasteiger charge is 2.09. The van der Waals surface area contributed by atoms with Crippen LogP contribution in [0.5, 0.6) is 5.75 Å². The number of benzene rings is 2. The maximum absolute atomic E-state index is 11.4. The van der Waals surface area contributed by atoms with E-state index in [9.17, 15) is 4.79 Å². The summed E-state index contributed by atoms with van der Waals surface area (Å²) in [7, 11) is 1.60. The Bertz CT molecular complexity index is 859. The van der Waals surface area contributed by atoms with Gasteiger partial charge in [-0.1, -0.05) is 18.2 Å². The molecule has 0 fully saturated rings. The highest BCUT2D eigenvalue weighted by molar-refractivity contribution is 5.92. The van der Waals surface area contributed by atoms with E-state index < -0.39 is 0 Å². The van der Waals surface area contributed by atoms with Gasteiger partial charge in [-0.05, 0) is 24.3 Å². The zero-order valence-corrected chi connectivity index (χ0v) is 14.1. The minimum Gasteiger partial charge on any atom is -0.497 e. The van der Waals surface area contributed by atoms with E-state index in [2.05, 4.69) is 15.6 Å². The molecule has 2 N–H and O–H groups in total. The summed E-state index contributed by atoms with van der Waals surface area (Å²) in [5.41, 5.74) is 3.11. The molecule has 0 atom stereocenters. The largest absolute Gasteiger partial charge is 0.497 e. The van der Waals surface area contributed by atoms with Crippen LogP contribution >= 0.6 is 0 Å². The monoisotopic (exact) mass is 337 g/mol. The highest BCUT2D eigenvalue weighted by atomic mass is 16.5. The summed E-state index contributed by atoms with van der Waals surface area (Å²) in [5, 5.41) is 6.05. The van der Waals surface area contributed by atoms with Gasteiger partial charge in [0.2, 0.25) is 11.8 Å². The Morgan fingerprint density at radius 3 is 2.68 bits per heavy atom. The number of carbonyl (C=O) groups is 1. The van der Waals surface area contributed by atoms with E-state index in [1.165, 1.54) is 6.92 Å². The van der Waals surface area contributed by atoms with Crippen LogP contribution in [0.1, 0.15) is 12.6 Å². The van der Waals surface area contributed by atoms with Crippen LogP contribution in [0.3, 0.4) is 0 Å². The van der Waals surface area contributed by atoms with E-state index >= 15 is 0 Å². The van der Waals surface area contributed by atoms with Crippen LogP contribution in [-0.2, 0) is 11.3 Å². The van der Waals surface area contributed by atoms with Crippen LogP contribution in [-0.4, -0.2) is 18.0 Å². The van der Waals surface area contributed by atoms with Gasteiger partial charge in [0.05, 0.1) is 30.7 Å². The fraction of sp³-hybridized carbons (Fsp3) is 0.158. The molecular formula is C19H19N3O3. The van der Waals surface area contributed by atoms with Crippen LogP contribution in [0.25, 0.3) is 11.5 Å². The molecule has 1 heterocycles. The molecule has 0 saturated heterocycles. The predicted octanol–water partition coefficient (Wildman–Crippen LogP) is 3.92. The molecule has 6 heteroatoms. The van der Waals surface area contributed by atoms with E-state index in [-0.39, 0.29) is 5.91 Å². The van der Waals surface area contributed by atoms with Crippen molar-refractivity contribution in [1.29, 1.82) is 0 Å². The number of nitrogens with zero attached hydrogens (tertiary/aromatic N) is 1. The maximum atomic E-state index is 11.4. The van der Waals surface area contributed by atoms with Crippen molar-refractivity contribution >= 4 is 17.3 Å². The number of methoxy groups -OCH3 is 1. The van der Waals surface area contributed by atoms with Gasteiger partial charge in [-0.2, -0.15) is 0 Å². The predicted molar refractivity (Wildman–Crippen MR) is 96.6 cm³/mol. The average molecular weight is 337 g/mol. The molecule has 0 spiro atoms. The molecule has 0 aliphatic carbocycles. The molecule has 0 aliphatic heterocycles. The molecular weight excluding hydrogens is 318 g/mol. The number of aromatic nitrogens is 1. The van der Waals surface area contributed by atoms with Gasteiger partial charge in [0.1, 0.15) is 12.0 Å². The lowest BCUT2D eigenvalue weighted by molar-refractivity contribution is -0.114. The normalized spacial score (nSPS) is 10.3. The van der Waals surface area contributed by atoms with E-state index in [1.54, 1.807) is 25.5 Å². The fourth-order valence-electron chi connectivity index (χ4n) is 2.38. The SMILES string of the molecule is COc1ccc(NC(C)=O)c(NCc2coc(-c3ccccc3)n2)c1. The summed E-state index contributed by atoms with van der Waals surface area (Å²) < 4.78 is 10.8. The lowest BCUT2D eigenvalue weighted by Gasteiger charge is -2.13. The number of hydrogen-bond donors (Lipinski definition) is 2. The molecule has 3 rings (SSSR count). The third-order valence-corrected chi connectivity index (χ3v) is 3.57. The summed E-state index contributed by atoms with van der Waals surface area (Å²) in [6, 6.07) is 15.1. The second-order valence-electron chi connectivity index (χ2n) is 5.46. The first-order valence-electron chi connectivity index (χ1n) is 7.85. The number of ether oxygens (including phenoxy) is 1. The van der Waals surface area contributed by atoms with Gasteiger partial charge < -0.3 is 19.8 Å². The molecule has 25 heavy (non-hydrogen) atoms. The van der Waals surface area contributed by atoms with E-state index in [0.717, 1.165) is 16.9 Å². The summed E-state index contributed by atoms with van der Waals surface area (Å²) in [6.07, 6.45) is 1.62. The first-order chi connectivity index (χ1) is 12.2. The minimum absolute atomic E-state index is 0.138. The highest BCUT2D eigenvalue weighted by Crippen LogP contribution is 2.28. The second kappa shape index (κ2) is 7.53. The third kappa shape index (κ3) is 4.17. The van der Waals surface area contributed by atoms with Gasteiger partial charge >= 0.3 is 0 Å². The van der Waals surface area contributed by atoms with Gasteiger partial charge in [0.15, 0.2) is 0 Å². The van der Waals surface area contributed by atoms with Crippen molar-refractivity contribution in [2.24, 2.45) is 0 Å². The Labute approximate surface area is 145 Å². The Morgan fingerprint density at radius 2 is 1.96 bits per heavy atom. The Balaban J connectivity index is 1.75. The Morgan fingerprint density at radius 1 is 1.16 bits per heavy atom. The molecule has 0 unspecified atom stereocenters. The molecule has 0 aliphatic rings. The van der Waals surface area contributed by atoms with Crippen LogP contribution in [0.2, 0.25) is 0 Å². The van der Waals surface area contributed by atoms with Crippen LogP contribution in [0, 0.1) is 0 Å². The molecule has 1 amide bonds. The number of oxazole rings is 1. The summed E-state index contributed by atoms with van der Waals surface area (Å²) >= 11 is 0. The number of rotatable bonds is 6. The third-order valence-electron chi connectivity index (χ3n) is 3.57. The van der Waals surface area contributed by atoms with Gasteiger partial charge in [-0.3, -0.25) is 4.79 Å². The Hall–Kier alpha value is -3.28. The summed E-state index contributed by atoms with van der Waals surface area (Å²) in [4.78, 5) is 15.8. The molecule has 3 aromatic rings. The van der Waals surface area contributed by atoms with Crippen molar-refractivity contribution in [3.8, 4) is 17.2 Å². The van der Waals surface area contributed by atoms with E-state index in [1.807, 2.05) is 36.4 Å². The van der Waals surface area contributed by atoms with Crippen LogP contribution in [0.4, 0.5) is 11.4 Å². The first-order valence-corrected chi connectivity index (χ1v) is 7.85. The van der Waals surface area contributed by atoms with Crippen molar-refractivity contribution in [3.63, 3.8) is 0 Å². The molecule has 1 aromatic heterocycles.